The van der Waals surface area contributed by atoms with E-state index in [-0.39, 0.29) is 16.5 Å². The summed E-state index contributed by atoms with van der Waals surface area (Å²) >= 11 is 11.3. The minimum absolute atomic E-state index is 0.142. The summed E-state index contributed by atoms with van der Waals surface area (Å²) in [6.45, 7) is -0.453. The van der Waals surface area contributed by atoms with E-state index in [1.807, 2.05) is 0 Å². The van der Waals surface area contributed by atoms with Crippen LogP contribution < -0.4 is 10.0 Å². The van der Waals surface area contributed by atoms with Gasteiger partial charge >= 0.3 is 0 Å². The molecule has 0 saturated carbocycles. The summed E-state index contributed by atoms with van der Waals surface area (Å²) < 4.78 is 39.1. The minimum Gasteiger partial charge on any atom is -0.325 e. The first-order valence-corrected chi connectivity index (χ1v) is 9.13. The van der Waals surface area contributed by atoms with Gasteiger partial charge in [-0.3, -0.25) is 4.79 Å². The van der Waals surface area contributed by atoms with E-state index in [1.165, 1.54) is 12.1 Å². The summed E-state index contributed by atoms with van der Waals surface area (Å²) in [6.07, 6.45) is 0. The molecule has 0 spiro atoms. The zero-order valence-electron chi connectivity index (χ0n) is 12.2. The number of benzene rings is 2. The average molecular weight is 391 g/mol. The van der Waals surface area contributed by atoms with Crippen molar-refractivity contribution < 1.29 is 17.6 Å². The molecule has 2 aromatic rings. The number of hydrogen-bond acceptors (Lipinski definition) is 3. The fourth-order valence-electron chi connectivity index (χ4n) is 1.81. The molecule has 2 aromatic carbocycles. The molecule has 9 heteroatoms. The molecule has 2 rings (SSSR count). The van der Waals surface area contributed by atoms with Crippen LogP contribution in [-0.2, 0) is 20.6 Å². The van der Waals surface area contributed by atoms with Crippen LogP contribution in [0, 0.1) is 5.82 Å². The molecule has 0 fully saturated rings. The van der Waals surface area contributed by atoms with Crippen molar-refractivity contribution in [3.05, 3.63) is 63.9 Å². The van der Waals surface area contributed by atoms with Crippen molar-refractivity contribution in [3.63, 3.8) is 0 Å². The minimum atomic E-state index is -3.69. The van der Waals surface area contributed by atoms with E-state index in [0.29, 0.717) is 10.6 Å². The topological polar surface area (TPSA) is 75.3 Å². The van der Waals surface area contributed by atoms with Crippen LogP contribution in [-0.4, -0.2) is 20.9 Å². The number of anilines is 1. The van der Waals surface area contributed by atoms with Crippen molar-refractivity contribution in [1.29, 1.82) is 0 Å². The van der Waals surface area contributed by atoms with E-state index in [2.05, 4.69) is 10.0 Å². The Morgan fingerprint density at radius 3 is 2.38 bits per heavy atom. The molecule has 0 aliphatic rings. The Kier molecular flexibility index (Phi) is 6.17. The lowest BCUT2D eigenvalue weighted by Gasteiger charge is -2.08. The second-order valence-corrected chi connectivity index (χ2v) is 7.53. The Morgan fingerprint density at radius 1 is 1.08 bits per heavy atom. The van der Waals surface area contributed by atoms with Gasteiger partial charge in [0.25, 0.3) is 0 Å². The van der Waals surface area contributed by atoms with Crippen LogP contribution in [0.3, 0.4) is 0 Å². The molecule has 0 aliphatic heterocycles. The van der Waals surface area contributed by atoms with Gasteiger partial charge in [-0.2, -0.15) is 0 Å². The molecule has 0 unspecified atom stereocenters. The predicted molar refractivity (Wildman–Crippen MR) is 92.1 cm³/mol. The van der Waals surface area contributed by atoms with E-state index in [9.17, 15) is 17.6 Å². The number of rotatable bonds is 6. The quantitative estimate of drug-likeness (QED) is 0.794. The highest BCUT2D eigenvalue weighted by atomic mass is 35.5. The van der Waals surface area contributed by atoms with E-state index < -0.39 is 28.3 Å². The lowest BCUT2D eigenvalue weighted by molar-refractivity contribution is -0.115. The Bertz CT molecular complexity index is 842. The van der Waals surface area contributed by atoms with Gasteiger partial charge in [0.1, 0.15) is 5.82 Å². The molecule has 5 nitrogen and oxygen atoms in total. The third-order valence-corrected chi connectivity index (χ3v) is 4.77. The maximum atomic E-state index is 13.0. The van der Waals surface area contributed by atoms with Gasteiger partial charge in [0.15, 0.2) is 0 Å². The summed E-state index contributed by atoms with van der Waals surface area (Å²) in [5.41, 5.74) is 0.806. The molecule has 0 radical (unpaired) electrons. The number of hydrogen-bond donors (Lipinski definition) is 2. The zero-order chi connectivity index (χ0) is 17.7. The average Bonchev–Trinajstić information content (AvgIpc) is 2.51. The maximum absolute atomic E-state index is 13.0. The first kappa shape index (κ1) is 18.7. The number of sulfonamides is 1. The summed E-state index contributed by atoms with van der Waals surface area (Å²) in [6, 6.07) is 9.99. The molecule has 0 aliphatic carbocycles. The molecule has 128 valence electrons. The van der Waals surface area contributed by atoms with Crippen molar-refractivity contribution in [2.45, 2.75) is 5.75 Å². The van der Waals surface area contributed by atoms with E-state index in [4.69, 9.17) is 23.2 Å². The van der Waals surface area contributed by atoms with Gasteiger partial charge in [0, 0.05) is 10.7 Å². The van der Waals surface area contributed by atoms with Gasteiger partial charge in [-0.25, -0.2) is 17.5 Å². The molecule has 0 atom stereocenters. The SMILES string of the molecule is O=C(CNS(=O)(=O)Cc1ccc(Cl)cc1)Nc1ccc(F)c(Cl)c1. The zero-order valence-corrected chi connectivity index (χ0v) is 14.6. The van der Waals surface area contributed by atoms with Crippen LogP contribution in [0.4, 0.5) is 10.1 Å². The summed E-state index contributed by atoms with van der Waals surface area (Å²) in [4.78, 5) is 11.8. The van der Waals surface area contributed by atoms with Crippen LogP contribution in [0.1, 0.15) is 5.56 Å². The van der Waals surface area contributed by atoms with Gasteiger partial charge in [0.2, 0.25) is 15.9 Å². The van der Waals surface area contributed by atoms with Crippen LogP contribution in [0.15, 0.2) is 42.5 Å². The van der Waals surface area contributed by atoms with Gasteiger partial charge in [-0.1, -0.05) is 35.3 Å². The van der Waals surface area contributed by atoms with E-state index in [1.54, 1.807) is 24.3 Å². The lowest BCUT2D eigenvalue weighted by atomic mass is 10.2. The molecule has 0 heterocycles. The largest absolute Gasteiger partial charge is 0.325 e. The molecule has 0 saturated heterocycles. The summed E-state index contributed by atoms with van der Waals surface area (Å²) in [5, 5.41) is 2.78. The van der Waals surface area contributed by atoms with Crippen molar-refractivity contribution in [1.82, 2.24) is 4.72 Å². The van der Waals surface area contributed by atoms with Crippen molar-refractivity contribution in [2.24, 2.45) is 0 Å². The standard InChI is InChI=1S/C15H13Cl2FN2O3S/c16-11-3-1-10(2-4-11)9-24(22,23)19-8-15(21)20-12-5-6-14(18)13(17)7-12/h1-7,19H,8-9H2,(H,20,21). The van der Waals surface area contributed by atoms with Gasteiger partial charge in [0.05, 0.1) is 17.3 Å². The van der Waals surface area contributed by atoms with Crippen molar-refractivity contribution in [3.8, 4) is 0 Å². The first-order valence-electron chi connectivity index (χ1n) is 6.72. The normalized spacial score (nSPS) is 11.3. The highest BCUT2D eigenvalue weighted by molar-refractivity contribution is 7.88. The Hall–Kier alpha value is -1.67. The fourth-order valence-corrected chi connectivity index (χ4v) is 3.20. The fraction of sp³-hybridized carbons (Fsp3) is 0.133. The maximum Gasteiger partial charge on any atom is 0.239 e. The second-order valence-electron chi connectivity index (χ2n) is 4.88. The third-order valence-electron chi connectivity index (χ3n) is 2.93. The smallest absolute Gasteiger partial charge is 0.239 e. The third kappa shape index (κ3) is 5.76. The van der Waals surface area contributed by atoms with E-state index in [0.717, 1.165) is 6.07 Å². The van der Waals surface area contributed by atoms with Crippen LogP contribution in [0.2, 0.25) is 10.0 Å². The Labute approximate surface area is 148 Å². The number of amides is 1. The second kappa shape index (κ2) is 7.94. The molecule has 1 amide bonds. The highest BCUT2D eigenvalue weighted by Gasteiger charge is 2.14. The van der Waals surface area contributed by atoms with Crippen LogP contribution in [0.5, 0.6) is 0 Å². The summed E-state index contributed by atoms with van der Waals surface area (Å²) in [5.74, 6) is -1.49. The number of carbonyl (C=O) groups is 1. The van der Waals surface area contributed by atoms with Crippen molar-refractivity contribution >= 4 is 44.8 Å². The van der Waals surface area contributed by atoms with Gasteiger partial charge in [-0.15, -0.1) is 0 Å². The van der Waals surface area contributed by atoms with Crippen LogP contribution in [0.25, 0.3) is 0 Å². The molecular weight excluding hydrogens is 378 g/mol. The van der Waals surface area contributed by atoms with Crippen molar-refractivity contribution in [2.75, 3.05) is 11.9 Å². The van der Waals surface area contributed by atoms with Gasteiger partial charge in [-0.05, 0) is 35.9 Å². The lowest BCUT2D eigenvalue weighted by Crippen LogP contribution is -2.33. The Morgan fingerprint density at radius 2 is 1.75 bits per heavy atom. The number of carbonyl (C=O) groups excluding carboxylic acids is 1. The monoisotopic (exact) mass is 390 g/mol. The molecule has 0 bridgehead atoms. The number of halogens is 3. The van der Waals surface area contributed by atoms with Gasteiger partial charge < -0.3 is 5.32 Å². The number of nitrogens with one attached hydrogen (secondary N) is 2. The van der Waals surface area contributed by atoms with Crippen LogP contribution >= 0.6 is 23.2 Å². The highest BCUT2D eigenvalue weighted by Crippen LogP contribution is 2.19. The van der Waals surface area contributed by atoms with E-state index >= 15 is 0 Å². The predicted octanol–water partition coefficient (Wildman–Crippen LogP) is 3.19. The molecule has 2 N–H and O–H groups in total. The molecular formula is C15H13Cl2FN2O3S. The summed E-state index contributed by atoms with van der Waals surface area (Å²) in [7, 11) is -3.69. The molecule has 24 heavy (non-hydrogen) atoms. The first-order chi connectivity index (χ1) is 11.2. The molecule has 0 aromatic heterocycles. The Balaban J connectivity index is 1.89.